The van der Waals surface area contributed by atoms with E-state index in [1.54, 1.807) is 12.1 Å². The van der Waals surface area contributed by atoms with E-state index in [9.17, 15) is 4.79 Å². The number of ketones is 1. The molecule has 0 amide bonds. The predicted molar refractivity (Wildman–Crippen MR) is 105 cm³/mol. The van der Waals surface area contributed by atoms with Crippen LogP contribution in [0.2, 0.25) is 0 Å². The highest BCUT2D eigenvalue weighted by atomic mass is 16.5. The highest BCUT2D eigenvalue weighted by molar-refractivity contribution is 6.06. The number of rotatable bonds is 6. The molecule has 1 atom stereocenters. The maximum atomic E-state index is 13.0. The molecule has 0 spiro atoms. The highest BCUT2D eigenvalue weighted by Gasteiger charge is 2.29. The van der Waals surface area contributed by atoms with E-state index in [4.69, 9.17) is 18.9 Å². The summed E-state index contributed by atoms with van der Waals surface area (Å²) in [4.78, 5) is 20.6. The third-order valence-corrected chi connectivity index (χ3v) is 4.70. The molecule has 1 aliphatic rings. The molecule has 0 saturated heterocycles. The lowest BCUT2D eigenvalue weighted by molar-refractivity contribution is 0.0947. The van der Waals surface area contributed by atoms with Crippen LogP contribution in [0.4, 0.5) is 0 Å². The van der Waals surface area contributed by atoms with Crippen LogP contribution in [0.3, 0.4) is 0 Å². The third kappa shape index (κ3) is 3.05. The van der Waals surface area contributed by atoms with E-state index in [0.717, 1.165) is 16.5 Å². The second kappa shape index (κ2) is 7.26. The van der Waals surface area contributed by atoms with Crippen molar-refractivity contribution in [3.05, 3.63) is 53.7 Å². The second-order valence-electron chi connectivity index (χ2n) is 6.32. The first kappa shape index (κ1) is 17.9. The molecule has 7 heteroatoms. The summed E-state index contributed by atoms with van der Waals surface area (Å²) in [7, 11) is 4.54. The first-order valence-corrected chi connectivity index (χ1v) is 8.77. The van der Waals surface area contributed by atoms with Gasteiger partial charge in [0, 0.05) is 22.8 Å². The molecule has 3 aromatic rings. The Kier molecular flexibility index (Phi) is 4.65. The molecule has 144 valence electrons. The van der Waals surface area contributed by atoms with Crippen molar-refractivity contribution >= 4 is 22.6 Å². The molecule has 2 heterocycles. The van der Waals surface area contributed by atoms with Crippen LogP contribution in [0.25, 0.3) is 10.9 Å². The molecule has 28 heavy (non-hydrogen) atoms. The summed E-state index contributed by atoms with van der Waals surface area (Å²) in [5, 5.41) is 1.10. The van der Waals surface area contributed by atoms with Gasteiger partial charge in [-0.3, -0.25) is 4.79 Å². The number of methoxy groups -OCH3 is 3. The zero-order valence-corrected chi connectivity index (χ0v) is 15.8. The topological polar surface area (TPSA) is 82.1 Å². The van der Waals surface area contributed by atoms with Crippen LogP contribution in [0, 0.1) is 0 Å². The van der Waals surface area contributed by atoms with E-state index in [2.05, 4.69) is 9.98 Å². The Morgan fingerprint density at radius 2 is 1.82 bits per heavy atom. The van der Waals surface area contributed by atoms with Crippen molar-refractivity contribution in [1.29, 1.82) is 0 Å². The summed E-state index contributed by atoms with van der Waals surface area (Å²) >= 11 is 0. The lowest BCUT2D eigenvalue weighted by atomic mass is 10.0. The third-order valence-electron chi connectivity index (χ3n) is 4.70. The van der Waals surface area contributed by atoms with Gasteiger partial charge in [0.1, 0.15) is 6.61 Å². The number of carbonyl (C=O) groups is 1. The molecule has 0 fully saturated rings. The maximum absolute atomic E-state index is 13.0. The molecular weight excluding hydrogens is 360 g/mol. The fraction of sp³-hybridized carbons (Fsp3) is 0.238. The van der Waals surface area contributed by atoms with E-state index < -0.39 is 6.04 Å². The smallest absolute Gasteiger partial charge is 0.217 e. The minimum absolute atomic E-state index is 0.171. The molecule has 1 aromatic heterocycles. The summed E-state index contributed by atoms with van der Waals surface area (Å²) < 4.78 is 21.7. The number of hydrogen-bond acceptors (Lipinski definition) is 6. The molecule has 1 unspecified atom stereocenters. The predicted octanol–water partition coefficient (Wildman–Crippen LogP) is 3.22. The van der Waals surface area contributed by atoms with Crippen LogP contribution in [-0.4, -0.2) is 50.6 Å². The standard InChI is InChI=1S/C21H20N2O5/c1-25-17-9-14(10-18(26-2)20(17)27-3)19(24)16-11-28-21(23-16)13-5-4-12-6-7-22-15(12)8-13/h4-10,16,22H,11H2,1-3H3. The number of nitrogens with one attached hydrogen (secondary N) is 1. The average Bonchev–Trinajstić information content (AvgIpc) is 3.40. The van der Waals surface area contributed by atoms with Gasteiger partial charge in [-0.05, 0) is 35.7 Å². The fourth-order valence-corrected chi connectivity index (χ4v) is 3.26. The largest absolute Gasteiger partial charge is 0.493 e. The molecular formula is C21H20N2O5. The van der Waals surface area contributed by atoms with Crippen molar-refractivity contribution in [3.8, 4) is 17.2 Å². The molecule has 1 aliphatic heterocycles. The summed E-state index contributed by atoms with van der Waals surface area (Å²) in [5.74, 6) is 1.57. The van der Waals surface area contributed by atoms with E-state index in [0.29, 0.717) is 28.7 Å². The number of H-pyrrole nitrogens is 1. The number of aromatic amines is 1. The molecule has 2 aromatic carbocycles. The monoisotopic (exact) mass is 380 g/mol. The molecule has 4 rings (SSSR count). The van der Waals surface area contributed by atoms with Gasteiger partial charge in [0.05, 0.1) is 21.3 Å². The van der Waals surface area contributed by atoms with Crippen LogP contribution in [-0.2, 0) is 4.74 Å². The number of fused-ring (bicyclic) bond motifs is 1. The van der Waals surface area contributed by atoms with Crippen molar-refractivity contribution in [2.24, 2.45) is 4.99 Å². The first-order valence-electron chi connectivity index (χ1n) is 8.77. The van der Waals surface area contributed by atoms with Crippen LogP contribution >= 0.6 is 0 Å². The van der Waals surface area contributed by atoms with Crippen LogP contribution in [0.15, 0.2) is 47.6 Å². The number of aromatic nitrogens is 1. The molecule has 7 nitrogen and oxygen atoms in total. The van der Waals surface area contributed by atoms with Crippen LogP contribution in [0.5, 0.6) is 17.2 Å². The molecule has 0 radical (unpaired) electrons. The van der Waals surface area contributed by atoms with Crippen molar-refractivity contribution in [2.45, 2.75) is 6.04 Å². The Labute approximate surface area is 161 Å². The minimum Gasteiger partial charge on any atom is -0.493 e. The minimum atomic E-state index is -0.628. The molecule has 1 N–H and O–H groups in total. The average molecular weight is 380 g/mol. The zero-order chi connectivity index (χ0) is 19.7. The van der Waals surface area contributed by atoms with Crippen molar-refractivity contribution in [3.63, 3.8) is 0 Å². The second-order valence-corrected chi connectivity index (χ2v) is 6.32. The molecule has 0 saturated carbocycles. The maximum Gasteiger partial charge on any atom is 0.217 e. The normalized spacial score (nSPS) is 15.8. The summed E-state index contributed by atoms with van der Waals surface area (Å²) in [5.41, 5.74) is 2.24. The SMILES string of the molecule is COc1cc(C(=O)C2COC(c3ccc4cc[nH]c4c3)=N2)cc(OC)c1OC. The van der Waals surface area contributed by atoms with E-state index >= 15 is 0 Å². The van der Waals surface area contributed by atoms with E-state index in [-0.39, 0.29) is 12.4 Å². The fourth-order valence-electron chi connectivity index (χ4n) is 3.26. The lowest BCUT2D eigenvalue weighted by Gasteiger charge is -2.14. The molecule has 0 bridgehead atoms. The Morgan fingerprint density at radius 1 is 1.07 bits per heavy atom. The van der Waals surface area contributed by atoms with Gasteiger partial charge in [-0.25, -0.2) is 4.99 Å². The van der Waals surface area contributed by atoms with E-state index in [1.807, 2.05) is 30.5 Å². The lowest BCUT2D eigenvalue weighted by Crippen LogP contribution is -2.20. The number of nitrogens with zero attached hydrogens (tertiary/aromatic N) is 1. The quantitative estimate of drug-likeness (QED) is 0.664. The van der Waals surface area contributed by atoms with Gasteiger partial charge in [0.15, 0.2) is 23.3 Å². The summed E-state index contributed by atoms with van der Waals surface area (Å²) in [6.07, 6.45) is 1.88. The number of Topliss-reactive ketones (excluding diaryl/α,β-unsaturated/α-hetero) is 1. The van der Waals surface area contributed by atoms with Gasteiger partial charge >= 0.3 is 0 Å². The van der Waals surface area contributed by atoms with Crippen molar-refractivity contribution in [1.82, 2.24) is 4.98 Å². The highest BCUT2D eigenvalue weighted by Crippen LogP contribution is 2.38. The van der Waals surface area contributed by atoms with Gasteiger partial charge < -0.3 is 23.9 Å². The number of carbonyl (C=O) groups excluding carboxylic acids is 1. The summed E-state index contributed by atoms with van der Waals surface area (Å²) in [6.45, 7) is 0.188. The van der Waals surface area contributed by atoms with Gasteiger partial charge in [-0.15, -0.1) is 0 Å². The Hall–Kier alpha value is -3.48. The molecule has 0 aliphatic carbocycles. The van der Waals surface area contributed by atoms with Gasteiger partial charge in [-0.1, -0.05) is 6.07 Å². The van der Waals surface area contributed by atoms with Gasteiger partial charge in [-0.2, -0.15) is 0 Å². The number of aliphatic imine (C=N–C) groups is 1. The van der Waals surface area contributed by atoms with Gasteiger partial charge in [0.25, 0.3) is 0 Å². The number of hydrogen-bond donors (Lipinski definition) is 1. The summed E-state index contributed by atoms with van der Waals surface area (Å²) in [6, 6.07) is 10.5. The zero-order valence-electron chi connectivity index (χ0n) is 15.8. The van der Waals surface area contributed by atoms with Gasteiger partial charge in [0.2, 0.25) is 11.6 Å². The van der Waals surface area contributed by atoms with Crippen LogP contribution in [0.1, 0.15) is 15.9 Å². The van der Waals surface area contributed by atoms with Crippen molar-refractivity contribution < 1.29 is 23.7 Å². The first-order chi connectivity index (χ1) is 13.6. The van der Waals surface area contributed by atoms with E-state index in [1.165, 1.54) is 21.3 Å². The number of benzene rings is 2. The Morgan fingerprint density at radius 3 is 2.50 bits per heavy atom. The van der Waals surface area contributed by atoms with Crippen LogP contribution < -0.4 is 14.2 Å². The van der Waals surface area contributed by atoms with Crippen molar-refractivity contribution in [2.75, 3.05) is 27.9 Å². The Bertz CT molecular complexity index is 1040. The Balaban J connectivity index is 1.63. The number of ether oxygens (including phenoxy) is 4.